The van der Waals surface area contributed by atoms with E-state index in [4.69, 9.17) is 10.8 Å². The van der Waals surface area contributed by atoms with Crippen molar-refractivity contribution in [1.29, 1.82) is 0 Å². The molecule has 12 heteroatoms. The molecule has 0 atom stereocenters. The highest BCUT2D eigenvalue weighted by Crippen LogP contribution is 2.30. The number of likely N-dealkylation sites (tertiary alicyclic amines) is 1. The Kier molecular flexibility index (Phi) is 6.93. The first kappa shape index (κ1) is 26.1. The van der Waals surface area contributed by atoms with E-state index in [1.165, 1.54) is 6.33 Å². The molecule has 9 nitrogen and oxygen atoms in total. The highest BCUT2D eigenvalue weighted by atomic mass is 19.4. The summed E-state index contributed by atoms with van der Waals surface area (Å²) in [5.74, 6) is 5.76. The maximum atomic E-state index is 13.0. The van der Waals surface area contributed by atoms with Gasteiger partial charge in [-0.1, -0.05) is 12.0 Å². The molecule has 3 N–H and O–H groups in total. The number of rotatable bonds is 3. The summed E-state index contributed by atoms with van der Waals surface area (Å²) in [6, 6.07) is 5.98. The number of hydrogen-bond acceptors (Lipinski definition) is 7. The summed E-state index contributed by atoms with van der Waals surface area (Å²) in [4.78, 5) is 27.0. The number of nitrogens with zero attached hydrogens (tertiary/aromatic N) is 6. The lowest BCUT2D eigenvalue weighted by molar-refractivity contribution is -0.137. The van der Waals surface area contributed by atoms with Crippen molar-refractivity contribution in [2.24, 2.45) is 0 Å². The van der Waals surface area contributed by atoms with Gasteiger partial charge in [0.05, 0.1) is 22.6 Å². The smallest absolute Gasteiger partial charge is 0.383 e. The van der Waals surface area contributed by atoms with E-state index in [9.17, 15) is 18.0 Å². The minimum absolute atomic E-state index is 0.166. The number of hydrogen-bond donors (Lipinski definition) is 2. The van der Waals surface area contributed by atoms with Crippen LogP contribution in [0.25, 0.3) is 11.0 Å². The number of halogens is 3. The first-order valence-corrected chi connectivity index (χ1v) is 12.2. The molecule has 0 saturated carbocycles. The number of benzene rings is 1. The van der Waals surface area contributed by atoms with E-state index in [0.717, 1.165) is 43.8 Å². The molecule has 39 heavy (non-hydrogen) atoms. The summed E-state index contributed by atoms with van der Waals surface area (Å²) < 4.78 is 40.9. The minimum Gasteiger partial charge on any atom is -0.383 e. The van der Waals surface area contributed by atoms with Crippen molar-refractivity contribution in [2.45, 2.75) is 32.0 Å². The summed E-state index contributed by atoms with van der Waals surface area (Å²) in [6.07, 6.45) is 0.412. The van der Waals surface area contributed by atoms with Crippen LogP contribution in [0.2, 0.25) is 0 Å². The fourth-order valence-electron chi connectivity index (χ4n) is 4.46. The number of aromatic nitrogens is 5. The summed E-state index contributed by atoms with van der Waals surface area (Å²) in [5, 5.41) is 7.96. The molecule has 0 aliphatic carbocycles. The Labute approximate surface area is 222 Å². The highest BCUT2D eigenvalue weighted by Gasteiger charge is 2.31. The van der Waals surface area contributed by atoms with Crippen LogP contribution in [-0.4, -0.2) is 55.7 Å². The first-order chi connectivity index (χ1) is 18.6. The molecule has 0 radical (unpaired) electrons. The average Bonchev–Trinajstić information content (AvgIpc) is 3.29. The third-order valence-corrected chi connectivity index (χ3v) is 6.69. The van der Waals surface area contributed by atoms with Gasteiger partial charge >= 0.3 is 6.18 Å². The second-order valence-electron chi connectivity index (χ2n) is 9.48. The fraction of sp³-hybridized carbons (Fsp3) is 0.296. The van der Waals surface area contributed by atoms with Gasteiger partial charge in [0.1, 0.15) is 17.8 Å². The Balaban J connectivity index is 1.44. The summed E-state index contributed by atoms with van der Waals surface area (Å²) in [6.45, 7) is 3.75. The van der Waals surface area contributed by atoms with Crippen molar-refractivity contribution in [3.63, 3.8) is 0 Å². The third kappa shape index (κ3) is 5.53. The van der Waals surface area contributed by atoms with E-state index in [-0.39, 0.29) is 17.4 Å². The molecular weight excluding hydrogens is 509 g/mol. The number of carbonyl (C=O) groups excluding carboxylic acids is 1. The summed E-state index contributed by atoms with van der Waals surface area (Å²) >= 11 is 0. The van der Waals surface area contributed by atoms with Crippen LogP contribution in [0.3, 0.4) is 0 Å². The zero-order valence-electron chi connectivity index (χ0n) is 21.3. The molecule has 5 rings (SSSR count). The largest absolute Gasteiger partial charge is 0.417 e. The summed E-state index contributed by atoms with van der Waals surface area (Å²) in [5.41, 5.74) is 7.88. The lowest BCUT2D eigenvalue weighted by Gasteiger charge is -2.29. The van der Waals surface area contributed by atoms with Crippen molar-refractivity contribution in [3.8, 4) is 11.8 Å². The van der Waals surface area contributed by atoms with Gasteiger partial charge in [0.2, 0.25) is 0 Å². The molecule has 4 heterocycles. The Morgan fingerprint density at radius 2 is 1.90 bits per heavy atom. The standard InChI is InChI=1S/C27H25F3N8O/c1-16-3-5-20(35-26(39)18-11-19(14-32-13-18)27(28,29)30)12-17(16)4-6-22-23-24(31)33-15-34-25(23)38(36-22)21-7-9-37(2)10-8-21/h3,5,11-15,21H,7-10H2,1-2H3,(H,35,39)(H2,31,33,34). The van der Waals surface area contributed by atoms with Crippen molar-refractivity contribution >= 4 is 28.4 Å². The number of carbonyl (C=O) groups is 1. The van der Waals surface area contributed by atoms with E-state index in [1.54, 1.807) is 18.2 Å². The van der Waals surface area contributed by atoms with Crippen LogP contribution in [0.15, 0.2) is 43.0 Å². The van der Waals surface area contributed by atoms with Crippen LogP contribution >= 0.6 is 0 Å². The van der Waals surface area contributed by atoms with Gasteiger partial charge in [-0.15, -0.1) is 0 Å². The highest BCUT2D eigenvalue weighted by molar-refractivity contribution is 6.04. The molecule has 0 unspecified atom stereocenters. The number of anilines is 2. The quantitative estimate of drug-likeness (QED) is 0.381. The SMILES string of the molecule is Cc1ccc(NC(=O)c2cncc(C(F)(F)F)c2)cc1C#Cc1nn(C2CCN(C)CC2)c2ncnc(N)c12. The van der Waals surface area contributed by atoms with Crippen LogP contribution in [0, 0.1) is 18.8 Å². The van der Waals surface area contributed by atoms with Crippen molar-refractivity contribution in [3.05, 3.63) is 70.9 Å². The second-order valence-corrected chi connectivity index (χ2v) is 9.48. The third-order valence-electron chi connectivity index (χ3n) is 6.69. The lowest BCUT2D eigenvalue weighted by atomic mass is 10.1. The molecule has 0 bridgehead atoms. The number of pyridine rings is 1. The topological polar surface area (TPSA) is 115 Å². The van der Waals surface area contributed by atoms with Crippen LogP contribution < -0.4 is 11.1 Å². The van der Waals surface area contributed by atoms with E-state index < -0.39 is 17.6 Å². The molecule has 1 saturated heterocycles. The van der Waals surface area contributed by atoms with E-state index in [0.29, 0.717) is 34.2 Å². The molecule has 1 aliphatic rings. The van der Waals surface area contributed by atoms with E-state index >= 15 is 0 Å². The van der Waals surface area contributed by atoms with Gasteiger partial charge < -0.3 is 16.0 Å². The van der Waals surface area contributed by atoms with Gasteiger partial charge in [0.25, 0.3) is 5.91 Å². The number of piperidine rings is 1. The maximum Gasteiger partial charge on any atom is 0.417 e. The van der Waals surface area contributed by atoms with Crippen molar-refractivity contribution < 1.29 is 18.0 Å². The molecule has 4 aromatic rings. The number of nitrogen functional groups attached to an aromatic ring is 1. The van der Waals surface area contributed by atoms with E-state index in [1.807, 2.05) is 11.6 Å². The summed E-state index contributed by atoms with van der Waals surface area (Å²) in [7, 11) is 2.09. The van der Waals surface area contributed by atoms with Gasteiger partial charge in [-0.2, -0.15) is 18.3 Å². The molecule has 0 spiro atoms. The molecular formula is C27H25F3N8O. The van der Waals surface area contributed by atoms with E-state index in [2.05, 4.69) is 44.1 Å². The second kappa shape index (κ2) is 10.3. The molecule has 200 valence electrons. The Bertz CT molecular complexity index is 1610. The van der Waals surface area contributed by atoms with Crippen LogP contribution in [0.4, 0.5) is 24.7 Å². The van der Waals surface area contributed by atoms with Crippen molar-refractivity contribution in [1.82, 2.24) is 29.6 Å². The number of nitrogens with one attached hydrogen (secondary N) is 1. The number of amides is 1. The monoisotopic (exact) mass is 534 g/mol. The van der Waals surface area contributed by atoms with Crippen LogP contribution in [0.5, 0.6) is 0 Å². The number of alkyl halides is 3. The predicted molar refractivity (Wildman–Crippen MR) is 140 cm³/mol. The zero-order valence-corrected chi connectivity index (χ0v) is 21.3. The van der Waals surface area contributed by atoms with Gasteiger partial charge in [-0.05, 0) is 69.6 Å². The molecule has 1 amide bonds. The van der Waals surface area contributed by atoms with Crippen molar-refractivity contribution in [2.75, 3.05) is 31.2 Å². The minimum atomic E-state index is -4.60. The van der Waals surface area contributed by atoms with Crippen LogP contribution in [0.1, 0.15) is 51.6 Å². The van der Waals surface area contributed by atoms with Gasteiger partial charge in [-0.25, -0.2) is 14.6 Å². The molecule has 1 aliphatic heterocycles. The maximum absolute atomic E-state index is 13.0. The Morgan fingerprint density at radius 3 is 2.64 bits per heavy atom. The Hall–Kier alpha value is -4.50. The normalized spacial score (nSPS) is 14.7. The zero-order chi connectivity index (χ0) is 27.7. The van der Waals surface area contributed by atoms with Crippen LogP contribution in [-0.2, 0) is 6.18 Å². The number of aryl methyl sites for hydroxylation is 1. The Morgan fingerprint density at radius 1 is 1.13 bits per heavy atom. The first-order valence-electron chi connectivity index (χ1n) is 12.2. The van der Waals surface area contributed by atoms with Gasteiger partial charge in [-0.3, -0.25) is 9.78 Å². The van der Waals surface area contributed by atoms with Gasteiger partial charge in [0.15, 0.2) is 5.65 Å². The fourth-order valence-corrected chi connectivity index (χ4v) is 4.46. The predicted octanol–water partition coefficient (Wildman–Crippen LogP) is 4.05. The lowest BCUT2D eigenvalue weighted by Crippen LogP contribution is -2.32. The number of fused-ring (bicyclic) bond motifs is 1. The number of nitrogens with two attached hydrogens (primary N) is 1. The molecule has 1 fully saturated rings. The molecule has 1 aromatic carbocycles. The molecule has 3 aromatic heterocycles. The average molecular weight is 535 g/mol. The van der Waals surface area contributed by atoms with Gasteiger partial charge in [0, 0.05) is 23.6 Å².